The summed E-state index contributed by atoms with van der Waals surface area (Å²) in [5.74, 6) is 2.54. The van der Waals surface area contributed by atoms with E-state index in [2.05, 4.69) is 11.2 Å². The number of nitriles is 1. The monoisotopic (exact) mass is 228 g/mol. The smallest absolute Gasteiger partial charge is 0.258 e. The fourth-order valence-electron chi connectivity index (χ4n) is 1.17. The van der Waals surface area contributed by atoms with Crippen molar-refractivity contribution in [2.45, 2.75) is 6.92 Å². The van der Waals surface area contributed by atoms with Crippen LogP contribution < -0.4 is 10.1 Å². The highest BCUT2D eigenvalue weighted by molar-refractivity contribution is 5.77. The number of nitrogens with one attached hydrogen (secondary N) is 1. The Labute approximate surface area is 100 Å². The third-order valence-electron chi connectivity index (χ3n) is 2.06. The van der Waals surface area contributed by atoms with E-state index in [0.29, 0.717) is 11.3 Å². The molecule has 1 N–H and O–H groups in total. The summed E-state index contributed by atoms with van der Waals surface area (Å²) < 4.78 is 5.31. The molecule has 1 aromatic rings. The molecule has 0 saturated heterocycles. The molecule has 0 bridgehead atoms. The topological polar surface area (TPSA) is 62.1 Å². The molecule has 86 valence electrons. The van der Waals surface area contributed by atoms with Crippen molar-refractivity contribution in [2.24, 2.45) is 0 Å². The summed E-state index contributed by atoms with van der Waals surface area (Å²) >= 11 is 0. The molecule has 0 saturated carbocycles. The van der Waals surface area contributed by atoms with Gasteiger partial charge in [0.05, 0.1) is 18.2 Å². The number of nitrogens with zero attached hydrogens (tertiary/aromatic N) is 1. The van der Waals surface area contributed by atoms with Crippen LogP contribution in [-0.4, -0.2) is 19.1 Å². The number of carbonyl (C=O) groups excluding carboxylic acids is 1. The number of carbonyl (C=O) groups is 1. The summed E-state index contributed by atoms with van der Waals surface area (Å²) in [4.78, 5) is 11.2. The second-order valence-electron chi connectivity index (χ2n) is 3.36. The van der Waals surface area contributed by atoms with Gasteiger partial charge in [-0.2, -0.15) is 5.26 Å². The fraction of sp³-hybridized carbons (Fsp3) is 0.231. The number of benzene rings is 1. The molecular formula is C13H12N2O2. The SMILES string of the molecule is C#CCNC(=O)COc1cc(C#N)ccc1C. The van der Waals surface area contributed by atoms with Gasteiger partial charge >= 0.3 is 0 Å². The van der Waals surface area contributed by atoms with Gasteiger partial charge in [-0.3, -0.25) is 4.79 Å². The van der Waals surface area contributed by atoms with Gasteiger partial charge in [0.25, 0.3) is 5.91 Å². The molecule has 1 amide bonds. The zero-order valence-corrected chi connectivity index (χ0v) is 9.49. The third-order valence-corrected chi connectivity index (χ3v) is 2.06. The standard InChI is InChI=1S/C13H12N2O2/c1-3-6-15-13(16)9-17-12-7-11(8-14)5-4-10(12)2/h1,4-5,7H,6,9H2,2H3,(H,15,16). The Balaban J connectivity index is 2.60. The maximum Gasteiger partial charge on any atom is 0.258 e. The van der Waals surface area contributed by atoms with E-state index in [9.17, 15) is 4.79 Å². The lowest BCUT2D eigenvalue weighted by molar-refractivity contribution is -0.122. The number of amides is 1. The minimum atomic E-state index is -0.287. The second-order valence-corrected chi connectivity index (χ2v) is 3.36. The lowest BCUT2D eigenvalue weighted by Crippen LogP contribution is -2.29. The molecule has 1 aromatic carbocycles. The zero-order chi connectivity index (χ0) is 12.7. The molecule has 0 aromatic heterocycles. The van der Waals surface area contributed by atoms with Crippen LogP contribution in [0.1, 0.15) is 11.1 Å². The minimum Gasteiger partial charge on any atom is -0.483 e. The van der Waals surface area contributed by atoms with Crippen molar-refractivity contribution in [1.82, 2.24) is 5.32 Å². The summed E-state index contributed by atoms with van der Waals surface area (Å²) in [5.41, 5.74) is 1.36. The lowest BCUT2D eigenvalue weighted by Gasteiger charge is -2.08. The van der Waals surface area contributed by atoms with Gasteiger partial charge in [0.1, 0.15) is 5.75 Å². The first-order valence-corrected chi connectivity index (χ1v) is 5.01. The zero-order valence-electron chi connectivity index (χ0n) is 9.49. The van der Waals surface area contributed by atoms with Gasteiger partial charge in [-0.25, -0.2) is 0 Å². The first-order chi connectivity index (χ1) is 8.17. The van der Waals surface area contributed by atoms with Gasteiger partial charge in [0.2, 0.25) is 0 Å². The third kappa shape index (κ3) is 3.89. The van der Waals surface area contributed by atoms with Crippen molar-refractivity contribution < 1.29 is 9.53 Å². The molecular weight excluding hydrogens is 216 g/mol. The van der Waals surface area contributed by atoms with Crippen molar-refractivity contribution in [3.05, 3.63) is 29.3 Å². The predicted octanol–water partition coefficient (Wildman–Crippen LogP) is 0.995. The van der Waals surface area contributed by atoms with Gasteiger partial charge in [-0.15, -0.1) is 6.42 Å². The van der Waals surface area contributed by atoms with Gasteiger partial charge < -0.3 is 10.1 Å². The highest BCUT2D eigenvalue weighted by atomic mass is 16.5. The normalized spacial score (nSPS) is 8.88. The van der Waals surface area contributed by atoms with Crippen LogP contribution in [0.4, 0.5) is 0 Å². The molecule has 4 heteroatoms. The van der Waals surface area contributed by atoms with Crippen molar-refractivity contribution in [3.8, 4) is 24.2 Å². The number of rotatable bonds is 4. The Morgan fingerprint density at radius 1 is 1.59 bits per heavy atom. The molecule has 0 heterocycles. The average Bonchev–Trinajstić information content (AvgIpc) is 2.35. The Morgan fingerprint density at radius 2 is 2.35 bits per heavy atom. The molecule has 0 radical (unpaired) electrons. The van der Waals surface area contributed by atoms with Crippen LogP contribution >= 0.6 is 0 Å². The summed E-state index contributed by atoms with van der Waals surface area (Å²) in [6.07, 6.45) is 5.00. The largest absolute Gasteiger partial charge is 0.483 e. The molecule has 0 atom stereocenters. The number of terminal acetylenes is 1. The van der Waals surface area contributed by atoms with E-state index in [1.165, 1.54) is 0 Å². The van der Waals surface area contributed by atoms with Crippen molar-refractivity contribution in [3.63, 3.8) is 0 Å². The van der Waals surface area contributed by atoms with Gasteiger partial charge in [0.15, 0.2) is 6.61 Å². The second kappa shape index (κ2) is 6.19. The molecule has 17 heavy (non-hydrogen) atoms. The van der Waals surface area contributed by atoms with Crippen LogP contribution in [0.15, 0.2) is 18.2 Å². The molecule has 0 unspecified atom stereocenters. The molecule has 0 spiro atoms. The van der Waals surface area contributed by atoms with Crippen LogP contribution in [0.5, 0.6) is 5.75 Å². The summed E-state index contributed by atoms with van der Waals surface area (Å²) in [6, 6.07) is 7.08. The first kappa shape index (κ1) is 12.6. The van der Waals surface area contributed by atoms with Crippen molar-refractivity contribution in [1.29, 1.82) is 5.26 Å². The first-order valence-electron chi connectivity index (χ1n) is 5.01. The molecule has 0 fully saturated rings. The van der Waals surface area contributed by atoms with E-state index < -0.39 is 0 Å². The number of hydrogen-bond acceptors (Lipinski definition) is 3. The maximum atomic E-state index is 11.2. The Kier molecular flexibility index (Phi) is 4.59. The molecule has 0 aliphatic rings. The lowest BCUT2D eigenvalue weighted by atomic mass is 10.1. The Bertz CT molecular complexity index is 495. The van der Waals surface area contributed by atoms with Crippen molar-refractivity contribution >= 4 is 5.91 Å². The average molecular weight is 228 g/mol. The van der Waals surface area contributed by atoms with Crippen LogP contribution in [-0.2, 0) is 4.79 Å². The highest BCUT2D eigenvalue weighted by Gasteiger charge is 2.05. The predicted molar refractivity (Wildman–Crippen MR) is 63.2 cm³/mol. The van der Waals surface area contributed by atoms with E-state index in [0.717, 1.165) is 5.56 Å². The van der Waals surface area contributed by atoms with Gasteiger partial charge in [-0.05, 0) is 24.6 Å². The molecule has 1 rings (SSSR count). The fourth-order valence-corrected chi connectivity index (χ4v) is 1.17. The van der Waals surface area contributed by atoms with Crippen molar-refractivity contribution in [2.75, 3.05) is 13.2 Å². The molecule has 4 nitrogen and oxygen atoms in total. The molecule has 0 aliphatic carbocycles. The Hall–Kier alpha value is -2.46. The van der Waals surface area contributed by atoms with E-state index >= 15 is 0 Å². The van der Waals surface area contributed by atoms with Crippen LogP contribution in [0.2, 0.25) is 0 Å². The maximum absolute atomic E-state index is 11.2. The van der Waals surface area contributed by atoms with E-state index in [-0.39, 0.29) is 19.1 Å². The van der Waals surface area contributed by atoms with Crippen LogP contribution in [0.25, 0.3) is 0 Å². The van der Waals surface area contributed by atoms with Gasteiger partial charge in [-0.1, -0.05) is 12.0 Å². The number of ether oxygens (including phenoxy) is 1. The van der Waals surface area contributed by atoms with E-state index in [1.54, 1.807) is 18.2 Å². The van der Waals surface area contributed by atoms with E-state index in [1.807, 2.05) is 13.0 Å². The van der Waals surface area contributed by atoms with Gasteiger partial charge in [0, 0.05) is 0 Å². The minimum absolute atomic E-state index is 0.114. The highest BCUT2D eigenvalue weighted by Crippen LogP contribution is 2.18. The van der Waals surface area contributed by atoms with Crippen LogP contribution in [0, 0.1) is 30.6 Å². The number of hydrogen-bond donors (Lipinski definition) is 1. The van der Waals surface area contributed by atoms with E-state index in [4.69, 9.17) is 16.4 Å². The summed E-state index contributed by atoms with van der Waals surface area (Å²) in [7, 11) is 0. The quantitative estimate of drug-likeness (QED) is 0.782. The number of aryl methyl sites for hydroxylation is 1. The molecule has 0 aliphatic heterocycles. The summed E-state index contributed by atoms with van der Waals surface area (Å²) in [6.45, 7) is 1.91. The van der Waals surface area contributed by atoms with Crippen LogP contribution in [0.3, 0.4) is 0 Å². The Morgan fingerprint density at radius 3 is 3.00 bits per heavy atom. The summed E-state index contributed by atoms with van der Waals surface area (Å²) in [5, 5.41) is 11.2.